The molecule has 0 spiro atoms. The van der Waals surface area contributed by atoms with E-state index in [0.717, 1.165) is 4.47 Å². The molecule has 0 aliphatic rings. The second-order valence-electron chi connectivity index (χ2n) is 4.42. The average Bonchev–Trinajstić information content (AvgIpc) is 2.81. The molecular formula is C13H14BrFN2O. The Hall–Kier alpha value is -1.20. The number of aliphatic hydroxyl groups is 1. The third-order valence-electron chi connectivity index (χ3n) is 2.72. The van der Waals surface area contributed by atoms with Gasteiger partial charge in [-0.05, 0) is 32.0 Å². The minimum Gasteiger partial charge on any atom is -0.383 e. The van der Waals surface area contributed by atoms with Crippen molar-refractivity contribution in [1.82, 2.24) is 9.78 Å². The predicted octanol–water partition coefficient (Wildman–Crippen LogP) is 3.45. The summed E-state index contributed by atoms with van der Waals surface area (Å²) < 4.78 is 16.1. The maximum atomic E-state index is 13.7. The monoisotopic (exact) mass is 312 g/mol. The van der Waals surface area contributed by atoms with E-state index < -0.39 is 11.9 Å². The van der Waals surface area contributed by atoms with Gasteiger partial charge in [-0.3, -0.25) is 4.68 Å². The minimum absolute atomic E-state index is 0.207. The lowest BCUT2D eigenvalue weighted by Crippen LogP contribution is -2.03. The highest BCUT2D eigenvalue weighted by atomic mass is 79.9. The molecule has 0 saturated heterocycles. The summed E-state index contributed by atoms with van der Waals surface area (Å²) in [5.74, 6) is -0.428. The molecule has 2 aromatic rings. The van der Waals surface area contributed by atoms with E-state index in [1.54, 1.807) is 29.2 Å². The molecule has 1 aromatic heterocycles. The van der Waals surface area contributed by atoms with Crippen molar-refractivity contribution < 1.29 is 9.50 Å². The van der Waals surface area contributed by atoms with Crippen molar-refractivity contribution in [2.45, 2.75) is 26.0 Å². The van der Waals surface area contributed by atoms with Crippen LogP contribution in [0.15, 0.2) is 35.1 Å². The van der Waals surface area contributed by atoms with E-state index in [4.69, 9.17) is 0 Å². The lowest BCUT2D eigenvalue weighted by Gasteiger charge is -2.10. The zero-order valence-electron chi connectivity index (χ0n) is 10.1. The first kappa shape index (κ1) is 13.2. The van der Waals surface area contributed by atoms with Crippen molar-refractivity contribution in [2.75, 3.05) is 0 Å². The lowest BCUT2D eigenvalue weighted by molar-refractivity contribution is 0.214. The van der Waals surface area contributed by atoms with Gasteiger partial charge in [0.25, 0.3) is 0 Å². The van der Waals surface area contributed by atoms with Crippen molar-refractivity contribution in [3.05, 3.63) is 52.0 Å². The number of halogens is 2. The number of aliphatic hydroxyl groups excluding tert-OH is 1. The van der Waals surface area contributed by atoms with Crippen molar-refractivity contribution in [3.8, 4) is 0 Å². The van der Waals surface area contributed by atoms with Gasteiger partial charge >= 0.3 is 0 Å². The van der Waals surface area contributed by atoms with Crippen LogP contribution in [0.4, 0.5) is 4.39 Å². The lowest BCUT2D eigenvalue weighted by atomic mass is 10.0. The van der Waals surface area contributed by atoms with Gasteiger partial charge in [-0.2, -0.15) is 5.10 Å². The predicted molar refractivity (Wildman–Crippen MR) is 70.8 cm³/mol. The first-order chi connectivity index (χ1) is 8.49. The zero-order chi connectivity index (χ0) is 13.3. The highest BCUT2D eigenvalue weighted by Gasteiger charge is 2.17. The van der Waals surface area contributed by atoms with Gasteiger partial charge in [0.2, 0.25) is 0 Å². The Morgan fingerprint density at radius 2 is 2.11 bits per heavy atom. The SMILES string of the molecule is CC(C)n1cc(C(O)c2cc(Br)ccc2F)cn1. The molecule has 0 aliphatic heterocycles. The molecule has 1 aromatic carbocycles. The third-order valence-corrected chi connectivity index (χ3v) is 3.21. The normalized spacial score (nSPS) is 13.0. The molecule has 0 saturated carbocycles. The van der Waals surface area contributed by atoms with Crippen LogP contribution in [0.1, 0.15) is 37.1 Å². The highest BCUT2D eigenvalue weighted by Crippen LogP contribution is 2.27. The topological polar surface area (TPSA) is 38.0 Å². The van der Waals surface area contributed by atoms with Crippen LogP contribution in [0.2, 0.25) is 0 Å². The second kappa shape index (κ2) is 5.20. The zero-order valence-corrected chi connectivity index (χ0v) is 11.7. The molecule has 0 bridgehead atoms. The molecule has 0 amide bonds. The molecule has 1 unspecified atom stereocenters. The Bertz CT molecular complexity index is 554. The molecule has 1 atom stereocenters. The van der Waals surface area contributed by atoms with Gasteiger partial charge in [-0.25, -0.2) is 4.39 Å². The summed E-state index contributed by atoms with van der Waals surface area (Å²) in [7, 11) is 0. The minimum atomic E-state index is -1.00. The third kappa shape index (κ3) is 2.62. The number of nitrogens with zero attached hydrogens (tertiary/aromatic N) is 2. The van der Waals surface area contributed by atoms with Gasteiger partial charge in [-0.1, -0.05) is 15.9 Å². The van der Waals surface area contributed by atoms with Gasteiger partial charge in [0.1, 0.15) is 11.9 Å². The quantitative estimate of drug-likeness (QED) is 0.942. The Morgan fingerprint density at radius 3 is 2.72 bits per heavy atom. The van der Waals surface area contributed by atoms with Crippen LogP contribution >= 0.6 is 15.9 Å². The van der Waals surface area contributed by atoms with Crippen LogP contribution < -0.4 is 0 Å². The Balaban J connectivity index is 2.34. The van der Waals surface area contributed by atoms with Crippen LogP contribution in [0.3, 0.4) is 0 Å². The number of rotatable bonds is 3. The Labute approximate surface area is 113 Å². The highest BCUT2D eigenvalue weighted by molar-refractivity contribution is 9.10. The largest absolute Gasteiger partial charge is 0.383 e. The van der Waals surface area contributed by atoms with Crippen molar-refractivity contribution >= 4 is 15.9 Å². The van der Waals surface area contributed by atoms with E-state index in [2.05, 4.69) is 21.0 Å². The van der Waals surface area contributed by atoms with E-state index >= 15 is 0 Å². The maximum Gasteiger partial charge on any atom is 0.129 e. The summed E-state index contributed by atoms with van der Waals surface area (Å²) in [6, 6.07) is 4.71. The Morgan fingerprint density at radius 1 is 1.39 bits per heavy atom. The number of aromatic nitrogens is 2. The number of benzene rings is 1. The summed E-state index contributed by atoms with van der Waals surface area (Å²) >= 11 is 3.27. The van der Waals surface area contributed by atoms with Gasteiger partial charge < -0.3 is 5.11 Å². The van der Waals surface area contributed by atoms with Crippen molar-refractivity contribution in [3.63, 3.8) is 0 Å². The summed E-state index contributed by atoms with van der Waals surface area (Å²) in [5.41, 5.74) is 0.827. The molecule has 96 valence electrons. The summed E-state index contributed by atoms with van der Waals surface area (Å²) in [6.45, 7) is 3.98. The fraction of sp³-hybridized carbons (Fsp3) is 0.308. The van der Waals surface area contributed by atoms with E-state index in [-0.39, 0.29) is 11.6 Å². The van der Waals surface area contributed by atoms with Crippen LogP contribution in [0.25, 0.3) is 0 Å². The average molecular weight is 313 g/mol. The Kier molecular flexibility index (Phi) is 3.82. The van der Waals surface area contributed by atoms with Crippen LogP contribution in [-0.4, -0.2) is 14.9 Å². The van der Waals surface area contributed by atoms with Crippen LogP contribution in [0, 0.1) is 5.82 Å². The standard InChI is InChI=1S/C13H14BrFN2O/c1-8(2)17-7-9(6-16-17)13(18)11-5-10(14)3-4-12(11)15/h3-8,13,18H,1-2H3. The van der Waals surface area contributed by atoms with E-state index in [0.29, 0.717) is 5.56 Å². The molecule has 5 heteroatoms. The van der Waals surface area contributed by atoms with Gasteiger partial charge in [0.05, 0.1) is 6.20 Å². The van der Waals surface area contributed by atoms with E-state index in [1.807, 2.05) is 13.8 Å². The summed E-state index contributed by atoms with van der Waals surface area (Å²) in [5, 5.41) is 14.3. The molecule has 0 radical (unpaired) electrons. The fourth-order valence-electron chi connectivity index (χ4n) is 1.68. The first-order valence-corrected chi connectivity index (χ1v) is 6.45. The molecule has 2 rings (SSSR count). The van der Waals surface area contributed by atoms with Gasteiger partial charge in [0, 0.05) is 27.8 Å². The molecule has 0 fully saturated rings. The van der Waals surface area contributed by atoms with Crippen LogP contribution in [0.5, 0.6) is 0 Å². The molecular weight excluding hydrogens is 299 g/mol. The molecule has 18 heavy (non-hydrogen) atoms. The van der Waals surface area contributed by atoms with E-state index in [9.17, 15) is 9.50 Å². The molecule has 1 heterocycles. The van der Waals surface area contributed by atoms with Crippen molar-refractivity contribution in [2.24, 2.45) is 0 Å². The van der Waals surface area contributed by atoms with Gasteiger partial charge in [0.15, 0.2) is 0 Å². The summed E-state index contributed by atoms with van der Waals surface area (Å²) in [6.07, 6.45) is 2.29. The molecule has 1 N–H and O–H groups in total. The second-order valence-corrected chi connectivity index (χ2v) is 5.33. The molecule has 3 nitrogen and oxygen atoms in total. The van der Waals surface area contributed by atoms with Gasteiger partial charge in [-0.15, -0.1) is 0 Å². The summed E-state index contributed by atoms with van der Waals surface area (Å²) in [4.78, 5) is 0. The maximum absolute atomic E-state index is 13.7. The van der Waals surface area contributed by atoms with E-state index in [1.165, 1.54) is 6.07 Å². The number of hydrogen-bond donors (Lipinski definition) is 1. The first-order valence-electron chi connectivity index (χ1n) is 5.66. The number of hydrogen-bond acceptors (Lipinski definition) is 2. The van der Waals surface area contributed by atoms with Crippen molar-refractivity contribution in [1.29, 1.82) is 0 Å². The molecule has 0 aliphatic carbocycles. The fourth-order valence-corrected chi connectivity index (χ4v) is 2.06. The van der Waals surface area contributed by atoms with Crippen LogP contribution in [-0.2, 0) is 0 Å². The smallest absolute Gasteiger partial charge is 0.129 e.